The van der Waals surface area contributed by atoms with Crippen LogP contribution in [-0.4, -0.2) is 57.9 Å². The van der Waals surface area contributed by atoms with Crippen LogP contribution in [0.25, 0.3) is 0 Å². The number of carbonyl (C=O) groups is 1. The van der Waals surface area contributed by atoms with Crippen molar-refractivity contribution in [2.75, 3.05) is 33.9 Å². The van der Waals surface area contributed by atoms with Crippen molar-refractivity contribution in [3.8, 4) is 0 Å². The van der Waals surface area contributed by atoms with Gasteiger partial charge in [-0.2, -0.15) is 13.2 Å². The van der Waals surface area contributed by atoms with Gasteiger partial charge >= 0.3 is 6.18 Å². The van der Waals surface area contributed by atoms with Crippen LogP contribution in [0.5, 0.6) is 0 Å². The molecular weight excluding hydrogens is 313 g/mol. The van der Waals surface area contributed by atoms with Gasteiger partial charge in [-0.15, -0.1) is 0 Å². The number of halogens is 3. The van der Waals surface area contributed by atoms with Crippen molar-refractivity contribution in [1.82, 2.24) is 16.0 Å². The Morgan fingerprint density at radius 2 is 2.04 bits per heavy atom. The van der Waals surface area contributed by atoms with Crippen LogP contribution < -0.4 is 16.0 Å². The molecule has 0 saturated heterocycles. The van der Waals surface area contributed by atoms with Crippen molar-refractivity contribution in [2.45, 2.75) is 37.9 Å². The Morgan fingerprint density at radius 3 is 2.65 bits per heavy atom. The summed E-state index contributed by atoms with van der Waals surface area (Å²) in [7, 11) is 3.05. The number of methoxy groups -OCH3 is 1. The van der Waals surface area contributed by atoms with Gasteiger partial charge in [-0.1, -0.05) is 6.42 Å². The van der Waals surface area contributed by atoms with Gasteiger partial charge in [0.1, 0.15) is 0 Å². The fraction of sp³-hybridized carbons (Fsp3) is 0.857. The minimum atomic E-state index is -4.15. The standard InChI is InChI=1S/C14H25F3N4O2/c1-18-13(20-9-12(22)19-6-7-23-2)21-11-5-3-4-10(8-11)14(15,16)17/h10-11H,3-9H2,1-2H3,(H,19,22)(H2,18,20,21). The summed E-state index contributed by atoms with van der Waals surface area (Å²) in [5.41, 5.74) is 0. The second-order valence-corrected chi connectivity index (χ2v) is 5.51. The number of guanidine groups is 1. The molecule has 1 fully saturated rings. The molecule has 0 radical (unpaired) electrons. The molecule has 6 nitrogen and oxygen atoms in total. The fourth-order valence-electron chi connectivity index (χ4n) is 2.53. The zero-order valence-electron chi connectivity index (χ0n) is 13.5. The smallest absolute Gasteiger partial charge is 0.383 e. The number of hydrogen-bond acceptors (Lipinski definition) is 3. The minimum Gasteiger partial charge on any atom is -0.383 e. The monoisotopic (exact) mass is 338 g/mol. The predicted octanol–water partition coefficient (Wildman–Crippen LogP) is 1.04. The summed E-state index contributed by atoms with van der Waals surface area (Å²) in [5, 5.41) is 8.40. The van der Waals surface area contributed by atoms with Gasteiger partial charge in [-0.3, -0.25) is 9.79 Å². The van der Waals surface area contributed by atoms with Gasteiger partial charge in [-0.05, 0) is 19.3 Å². The van der Waals surface area contributed by atoms with Crippen LogP contribution in [-0.2, 0) is 9.53 Å². The van der Waals surface area contributed by atoms with Gasteiger partial charge in [0.05, 0.1) is 19.1 Å². The number of carbonyl (C=O) groups excluding carboxylic acids is 1. The van der Waals surface area contributed by atoms with Gasteiger partial charge in [0, 0.05) is 26.7 Å². The first kappa shape index (κ1) is 19.5. The molecule has 3 N–H and O–H groups in total. The molecule has 0 aromatic carbocycles. The van der Waals surface area contributed by atoms with E-state index in [0.29, 0.717) is 32.0 Å². The minimum absolute atomic E-state index is 0.00118. The number of nitrogens with one attached hydrogen (secondary N) is 3. The Hall–Kier alpha value is -1.51. The van der Waals surface area contributed by atoms with Crippen LogP contribution in [0.1, 0.15) is 25.7 Å². The highest BCUT2D eigenvalue weighted by Gasteiger charge is 2.42. The lowest BCUT2D eigenvalue weighted by atomic mass is 9.85. The molecule has 1 saturated carbocycles. The van der Waals surface area contributed by atoms with Crippen molar-refractivity contribution in [3.63, 3.8) is 0 Å². The van der Waals surface area contributed by atoms with Crippen LogP contribution in [0.2, 0.25) is 0 Å². The van der Waals surface area contributed by atoms with Crippen LogP contribution in [0.15, 0.2) is 4.99 Å². The third-order valence-corrected chi connectivity index (χ3v) is 3.75. The van der Waals surface area contributed by atoms with E-state index in [0.717, 1.165) is 0 Å². The van der Waals surface area contributed by atoms with Crippen LogP contribution in [0.4, 0.5) is 13.2 Å². The zero-order chi connectivity index (χ0) is 17.3. The van der Waals surface area contributed by atoms with Crippen molar-refractivity contribution in [1.29, 1.82) is 0 Å². The molecule has 0 heterocycles. The average Bonchev–Trinajstić information content (AvgIpc) is 2.51. The molecule has 1 aliphatic rings. The van der Waals surface area contributed by atoms with E-state index in [9.17, 15) is 18.0 Å². The summed E-state index contributed by atoms with van der Waals surface area (Å²) in [6, 6.07) is -0.293. The first-order valence-corrected chi connectivity index (χ1v) is 7.66. The maximum absolute atomic E-state index is 12.8. The first-order chi connectivity index (χ1) is 10.9. The highest BCUT2D eigenvalue weighted by atomic mass is 19.4. The molecule has 134 valence electrons. The van der Waals surface area contributed by atoms with Crippen molar-refractivity contribution in [3.05, 3.63) is 0 Å². The number of aliphatic imine (C=N–C) groups is 1. The van der Waals surface area contributed by atoms with E-state index in [1.807, 2.05) is 0 Å². The van der Waals surface area contributed by atoms with E-state index in [1.165, 1.54) is 14.2 Å². The molecule has 0 aliphatic heterocycles. The van der Waals surface area contributed by atoms with Gasteiger partial charge in [-0.25, -0.2) is 0 Å². The van der Waals surface area contributed by atoms with E-state index in [2.05, 4.69) is 20.9 Å². The van der Waals surface area contributed by atoms with Crippen molar-refractivity contribution < 1.29 is 22.7 Å². The Morgan fingerprint density at radius 1 is 1.30 bits per heavy atom. The molecule has 2 unspecified atom stereocenters. The predicted molar refractivity (Wildman–Crippen MR) is 81.2 cm³/mol. The zero-order valence-corrected chi connectivity index (χ0v) is 13.5. The topological polar surface area (TPSA) is 74.8 Å². The van der Waals surface area contributed by atoms with E-state index in [4.69, 9.17) is 4.74 Å². The molecule has 0 spiro atoms. The van der Waals surface area contributed by atoms with Gasteiger partial charge in [0.25, 0.3) is 0 Å². The molecular formula is C14H25F3N4O2. The molecule has 23 heavy (non-hydrogen) atoms. The number of ether oxygens (including phenoxy) is 1. The fourth-order valence-corrected chi connectivity index (χ4v) is 2.53. The Kier molecular flexibility index (Phi) is 8.15. The third-order valence-electron chi connectivity index (χ3n) is 3.75. The summed E-state index contributed by atoms with van der Waals surface area (Å²) in [6.07, 6.45) is -2.76. The normalized spacial score (nSPS) is 22.6. The molecule has 2 atom stereocenters. The number of nitrogens with zero attached hydrogens (tertiary/aromatic N) is 1. The van der Waals surface area contributed by atoms with Crippen LogP contribution in [0.3, 0.4) is 0 Å². The van der Waals surface area contributed by atoms with Crippen LogP contribution in [0, 0.1) is 5.92 Å². The lowest BCUT2D eigenvalue weighted by Gasteiger charge is -2.31. The van der Waals surface area contributed by atoms with E-state index in [1.54, 1.807) is 0 Å². The second-order valence-electron chi connectivity index (χ2n) is 5.51. The largest absolute Gasteiger partial charge is 0.391 e. The van der Waals surface area contributed by atoms with Gasteiger partial charge in [0.15, 0.2) is 5.96 Å². The Bertz CT molecular complexity index is 402. The molecule has 1 rings (SSSR count). The highest BCUT2D eigenvalue weighted by Crippen LogP contribution is 2.37. The lowest BCUT2D eigenvalue weighted by Crippen LogP contribution is -2.49. The molecule has 0 aromatic heterocycles. The van der Waals surface area contributed by atoms with E-state index >= 15 is 0 Å². The van der Waals surface area contributed by atoms with Gasteiger partial charge < -0.3 is 20.7 Å². The molecule has 0 aromatic rings. The number of hydrogen-bond donors (Lipinski definition) is 3. The molecule has 9 heteroatoms. The van der Waals surface area contributed by atoms with Gasteiger partial charge in [0.2, 0.25) is 5.91 Å². The Balaban J connectivity index is 2.37. The second kappa shape index (κ2) is 9.59. The first-order valence-electron chi connectivity index (χ1n) is 7.66. The number of amides is 1. The van der Waals surface area contributed by atoms with E-state index in [-0.39, 0.29) is 31.3 Å². The van der Waals surface area contributed by atoms with Crippen LogP contribution >= 0.6 is 0 Å². The number of alkyl halides is 3. The maximum atomic E-state index is 12.8. The van der Waals surface area contributed by atoms with Crippen molar-refractivity contribution in [2.24, 2.45) is 10.9 Å². The number of rotatable bonds is 6. The Labute approximate surface area is 134 Å². The average molecular weight is 338 g/mol. The summed E-state index contributed by atoms with van der Waals surface area (Å²) >= 11 is 0. The summed E-state index contributed by atoms with van der Waals surface area (Å²) < 4.78 is 43.2. The molecule has 0 bridgehead atoms. The summed E-state index contributed by atoms with van der Waals surface area (Å²) in [6.45, 7) is 0.817. The summed E-state index contributed by atoms with van der Waals surface area (Å²) in [4.78, 5) is 15.5. The molecule has 1 aliphatic carbocycles. The highest BCUT2D eigenvalue weighted by molar-refractivity contribution is 5.86. The third kappa shape index (κ3) is 7.54. The molecule has 1 amide bonds. The SMILES string of the molecule is CN=C(NCC(=O)NCCOC)NC1CCCC(C(F)(F)F)C1. The lowest BCUT2D eigenvalue weighted by molar-refractivity contribution is -0.183. The maximum Gasteiger partial charge on any atom is 0.391 e. The van der Waals surface area contributed by atoms with Crippen molar-refractivity contribution >= 4 is 11.9 Å². The summed E-state index contributed by atoms with van der Waals surface area (Å²) in [5.74, 6) is -1.18. The van der Waals surface area contributed by atoms with E-state index < -0.39 is 12.1 Å². The quantitative estimate of drug-likeness (QED) is 0.384.